The molecule has 5 heteroatoms. The van der Waals surface area contributed by atoms with Crippen LogP contribution in [0.15, 0.2) is 30.3 Å². The molecule has 1 aliphatic rings. The van der Waals surface area contributed by atoms with Gasteiger partial charge in [0, 0.05) is 12.3 Å². The van der Waals surface area contributed by atoms with Crippen molar-refractivity contribution in [3.8, 4) is 0 Å². The van der Waals surface area contributed by atoms with Crippen molar-refractivity contribution in [1.82, 2.24) is 0 Å². The maximum absolute atomic E-state index is 12.6. The van der Waals surface area contributed by atoms with Crippen LogP contribution in [0.25, 0.3) is 5.53 Å². The highest BCUT2D eigenvalue weighted by molar-refractivity contribution is 6.62. The van der Waals surface area contributed by atoms with Crippen LogP contribution in [0.1, 0.15) is 65.4 Å². The number of esters is 1. The van der Waals surface area contributed by atoms with Gasteiger partial charge in [0.1, 0.15) is 6.10 Å². The second-order valence-electron chi connectivity index (χ2n) is 9.05. The molecule has 0 aromatic heterocycles. The van der Waals surface area contributed by atoms with Gasteiger partial charge in [0.15, 0.2) is 0 Å². The van der Waals surface area contributed by atoms with Gasteiger partial charge in [-0.25, -0.2) is 4.79 Å². The van der Waals surface area contributed by atoms with E-state index >= 15 is 0 Å². The van der Waals surface area contributed by atoms with Crippen LogP contribution in [0.3, 0.4) is 0 Å². The van der Waals surface area contributed by atoms with E-state index in [-0.39, 0.29) is 23.9 Å². The molecule has 0 unspecified atom stereocenters. The minimum absolute atomic E-state index is 0.00129. The molecule has 0 aliphatic heterocycles. The lowest BCUT2D eigenvalue weighted by molar-refractivity contribution is -0.155. The molecule has 0 saturated heterocycles. The Bertz CT molecular complexity index is 730. The van der Waals surface area contributed by atoms with Gasteiger partial charge in [0.05, 0.1) is 0 Å². The fraction of sp³-hybridized carbons (Fsp3) is 0.609. The van der Waals surface area contributed by atoms with Gasteiger partial charge in [0.25, 0.3) is 5.78 Å². The number of ketones is 1. The fourth-order valence-corrected chi connectivity index (χ4v) is 4.07. The number of aryl methyl sites for hydroxylation is 1. The first-order chi connectivity index (χ1) is 13.2. The zero-order chi connectivity index (χ0) is 20.7. The number of ether oxygens (including phenoxy) is 1. The van der Waals surface area contributed by atoms with Crippen LogP contribution in [0.2, 0.25) is 0 Å². The number of carbonyl (C=O) groups excluding carboxylic acids is 2. The third-order valence-electron chi connectivity index (χ3n) is 5.69. The maximum Gasteiger partial charge on any atom is 0.441 e. The van der Waals surface area contributed by atoms with Crippen molar-refractivity contribution in [2.75, 3.05) is 0 Å². The molecule has 0 N–H and O–H groups in total. The molecule has 0 spiro atoms. The van der Waals surface area contributed by atoms with Crippen molar-refractivity contribution >= 4 is 17.5 Å². The number of benzene rings is 1. The lowest BCUT2D eigenvalue weighted by atomic mass is 9.68. The fourth-order valence-electron chi connectivity index (χ4n) is 4.07. The van der Waals surface area contributed by atoms with E-state index in [0.717, 1.165) is 31.2 Å². The maximum atomic E-state index is 12.6. The summed E-state index contributed by atoms with van der Waals surface area (Å²) in [5, 5.41) is 0. The summed E-state index contributed by atoms with van der Waals surface area (Å²) in [4.78, 5) is 27.9. The van der Waals surface area contributed by atoms with Gasteiger partial charge in [-0.1, -0.05) is 64.4 Å². The van der Waals surface area contributed by atoms with Crippen LogP contribution < -0.4 is 0 Å². The SMILES string of the molecule is C[C@@H]1CC[C@@H](C(C)(C)C)[C@@H](OC(=O)C(=[N+]=[N-])C(=O)CCCc2ccccc2)C1. The predicted molar refractivity (Wildman–Crippen MR) is 109 cm³/mol. The molecule has 1 saturated carbocycles. The zero-order valence-corrected chi connectivity index (χ0v) is 17.5. The summed E-state index contributed by atoms with van der Waals surface area (Å²) in [6.07, 6.45) is 4.06. The Labute approximate surface area is 168 Å². The topological polar surface area (TPSA) is 79.8 Å². The van der Waals surface area contributed by atoms with Crippen LogP contribution in [0.5, 0.6) is 0 Å². The van der Waals surface area contributed by atoms with Crippen LogP contribution in [-0.4, -0.2) is 28.4 Å². The third kappa shape index (κ3) is 6.13. The predicted octanol–water partition coefficient (Wildman–Crippen LogP) is 4.64. The Morgan fingerprint density at radius 1 is 1.18 bits per heavy atom. The normalized spacial score (nSPS) is 22.2. The van der Waals surface area contributed by atoms with Gasteiger partial charge >= 0.3 is 11.7 Å². The zero-order valence-electron chi connectivity index (χ0n) is 17.5. The van der Waals surface area contributed by atoms with E-state index in [1.165, 1.54) is 0 Å². The summed E-state index contributed by atoms with van der Waals surface area (Å²) in [6, 6.07) is 9.84. The number of hydrogen-bond donors (Lipinski definition) is 0. The summed E-state index contributed by atoms with van der Waals surface area (Å²) in [6.45, 7) is 8.58. The molecule has 1 fully saturated rings. The molecular weight excluding hydrogens is 352 g/mol. The Morgan fingerprint density at radius 2 is 1.86 bits per heavy atom. The molecule has 0 bridgehead atoms. The van der Waals surface area contributed by atoms with E-state index < -0.39 is 17.5 Å². The van der Waals surface area contributed by atoms with Crippen molar-refractivity contribution in [3.63, 3.8) is 0 Å². The molecule has 0 radical (unpaired) electrons. The first-order valence-corrected chi connectivity index (χ1v) is 10.2. The number of rotatable bonds is 7. The molecule has 0 heterocycles. The van der Waals surface area contributed by atoms with Crippen molar-refractivity contribution in [1.29, 1.82) is 0 Å². The minimum atomic E-state index is -0.805. The summed E-state index contributed by atoms with van der Waals surface area (Å²) in [5.74, 6) is -0.589. The summed E-state index contributed by atoms with van der Waals surface area (Å²) in [5.41, 5.74) is 9.90. The van der Waals surface area contributed by atoms with Gasteiger partial charge in [0.2, 0.25) is 0 Å². The monoisotopic (exact) mass is 384 g/mol. The van der Waals surface area contributed by atoms with Gasteiger partial charge in [-0.05, 0) is 42.6 Å². The molecule has 0 amide bonds. The first-order valence-electron chi connectivity index (χ1n) is 10.2. The average molecular weight is 385 g/mol. The van der Waals surface area contributed by atoms with E-state index in [9.17, 15) is 15.1 Å². The summed E-state index contributed by atoms with van der Waals surface area (Å²) >= 11 is 0. The van der Waals surface area contributed by atoms with Crippen molar-refractivity contribution < 1.29 is 19.1 Å². The molecule has 3 atom stereocenters. The molecular formula is C23H32N2O3. The van der Waals surface area contributed by atoms with E-state index in [1.807, 2.05) is 30.3 Å². The van der Waals surface area contributed by atoms with E-state index in [0.29, 0.717) is 12.3 Å². The molecule has 1 aliphatic carbocycles. The van der Waals surface area contributed by atoms with Gasteiger partial charge < -0.3 is 10.3 Å². The highest BCUT2D eigenvalue weighted by Gasteiger charge is 2.41. The lowest BCUT2D eigenvalue weighted by Gasteiger charge is -2.41. The van der Waals surface area contributed by atoms with Gasteiger partial charge in [-0.3, -0.25) is 4.79 Å². The quantitative estimate of drug-likeness (QED) is 0.226. The molecule has 152 valence electrons. The van der Waals surface area contributed by atoms with Crippen LogP contribution >= 0.6 is 0 Å². The van der Waals surface area contributed by atoms with Crippen molar-refractivity contribution in [3.05, 3.63) is 41.4 Å². The molecule has 5 nitrogen and oxygen atoms in total. The van der Waals surface area contributed by atoms with Crippen LogP contribution in [-0.2, 0) is 20.7 Å². The minimum Gasteiger partial charge on any atom is -0.453 e. The number of carbonyl (C=O) groups is 2. The molecule has 1 aromatic carbocycles. The number of hydrogen-bond acceptors (Lipinski definition) is 3. The Kier molecular flexibility index (Phi) is 7.70. The molecule has 28 heavy (non-hydrogen) atoms. The van der Waals surface area contributed by atoms with E-state index in [2.05, 4.69) is 32.5 Å². The highest BCUT2D eigenvalue weighted by Crippen LogP contribution is 2.41. The van der Waals surface area contributed by atoms with Crippen LogP contribution in [0, 0.1) is 17.3 Å². The number of Topliss-reactive ketones (excluding diaryl/α,β-unsaturated/α-hetero) is 1. The van der Waals surface area contributed by atoms with Gasteiger partial charge in [-0.15, -0.1) is 0 Å². The second kappa shape index (κ2) is 9.79. The van der Waals surface area contributed by atoms with E-state index in [1.54, 1.807) is 0 Å². The number of nitrogens with zero attached hydrogens (tertiary/aromatic N) is 2. The Morgan fingerprint density at radius 3 is 2.46 bits per heavy atom. The third-order valence-corrected chi connectivity index (χ3v) is 5.69. The molecule has 2 rings (SSSR count). The second-order valence-corrected chi connectivity index (χ2v) is 9.05. The smallest absolute Gasteiger partial charge is 0.441 e. The Hall–Kier alpha value is -2.26. The largest absolute Gasteiger partial charge is 0.453 e. The highest BCUT2D eigenvalue weighted by atomic mass is 16.5. The van der Waals surface area contributed by atoms with Crippen molar-refractivity contribution in [2.45, 2.75) is 72.3 Å². The standard InChI is InChI=1S/C23H32N2O3/c1-16-13-14-18(23(2,3)4)20(15-16)28-22(27)21(25-24)19(26)12-8-11-17-9-6-5-7-10-17/h5-7,9-10,16,18,20H,8,11-15H2,1-4H3/t16-,18-,20+/m1/s1. The summed E-state index contributed by atoms with van der Waals surface area (Å²) in [7, 11) is 0. The van der Waals surface area contributed by atoms with Gasteiger partial charge in [-0.2, -0.15) is 4.79 Å². The first kappa shape index (κ1) is 22.0. The lowest BCUT2D eigenvalue weighted by Crippen LogP contribution is -2.42. The van der Waals surface area contributed by atoms with Crippen molar-refractivity contribution in [2.24, 2.45) is 17.3 Å². The average Bonchev–Trinajstić information content (AvgIpc) is 2.62. The Balaban J connectivity index is 1.95. The summed E-state index contributed by atoms with van der Waals surface area (Å²) < 4.78 is 5.69. The van der Waals surface area contributed by atoms with Crippen LogP contribution in [0.4, 0.5) is 0 Å². The van der Waals surface area contributed by atoms with E-state index in [4.69, 9.17) is 4.74 Å². The molecule has 1 aromatic rings.